The number of nitrogens with one attached hydrogen (secondary N) is 1. The second-order valence-electron chi connectivity index (χ2n) is 4.94. The molecule has 2 aromatic rings. The van der Waals surface area contributed by atoms with Gasteiger partial charge in [0, 0.05) is 12.6 Å². The Balaban J connectivity index is 2.10. The Morgan fingerprint density at radius 2 is 1.67 bits per heavy atom. The van der Waals surface area contributed by atoms with Crippen molar-refractivity contribution in [3.8, 4) is 11.5 Å². The standard InChI is InChI=1S/C18H23NO2/c1-4-16(19-13-14-8-6-5-7-9-14)15-10-11-17(20-2)18(12-15)21-3/h5-12,16,19H,4,13H2,1-3H3. The van der Waals surface area contributed by atoms with Crippen LogP contribution in [0.15, 0.2) is 48.5 Å². The highest BCUT2D eigenvalue weighted by Gasteiger charge is 2.12. The highest BCUT2D eigenvalue weighted by atomic mass is 16.5. The van der Waals surface area contributed by atoms with Crippen molar-refractivity contribution in [2.45, 2.75) is 25.9 Å². The molecular formula is C18H23NO2. The average molecular weight is 285 g/mol. The molecular weight excluding hydrogens is 262 g/mol. The lowest BCUT2D eigenvalue weighted by Gasteiger charge is -2.19. The van der Waals surface area contributed by atoms with Crippen LogP contribution in [0.5, 0.6) is 11.5 Å². The van der Waals surface area contributed by atoms with Crippen LogP contribution in [0, 0.1) is 0 Å². The van der Waals surface area contributed by atoms with Crippen LogP contribution in [-0.4, -0.2) is 14.2 Å². The Kier molecular flexibility index (Phi) is 5.64. The maximum absolute atomic E-state index is 5.38. The first-order chi connectivity index (χ1) is 10.3. The van der Waals surface area contributed by atoms with Crippen LogP contribution >= 0.6 is 0 Å². The predicted octanol–water partition coefficient (Wildman–Crippen LogP) is 3.94. The van der Waals surface area contributed by atoms with Gasteiger partial charge in [-0.3, -0.25) is 0 Å². The zero-order valence-corrected chi connectivity index (χ0v) is 12.9. The third-order valence-corrected chi connectivity index (χ3v) is 3.61. The van der Waals surface area contributed by atoms with E-state index in [1.165, 1.54) is 11.1 Å². The van der Waals surface area contributed by atoms with Crippen LogP contribution < -0.4 is 14.8 Å². The van der Waals surface area contributed by atoms with Crippen molar-refractivity contribution < 1.29 is 9.47 Å². The van der Waals surface area contributed by atoms with Gasteiger partial charge in [0.1, 0.15) is 0 Å². The molecule has 21 heavy (non-hydrogen) atoms. The highest BCUT2D eigenvalue weighted by molar-refractivity contribution is 5.43. The lowest BCUT2D eigenvalue weighted by molar-refractivity contribution is 0.353. The van der Waals surface area contributed by atoms with Crippen LogP contribution in [0.2, 0.25) is 0 Å². The molecule has 1 atom stereocenters. The molecule has 3 heteroatoms. The van der Waals surface area contributed by atoms with Gasteiger partial charge in [0.2, 0.25) is 0 Å². The fraction of sp³-hybridized carbons (Fsp3) is 0.333. The fourth-order valence-electron chi connectivity index (χ4n) is 2.40. The molecule has 0 spiro atoms. The zero-order chi connectivity index (χ0) is 15.1. The molecule has 1 unspecified atom stereocenters. The van der Waals surface area contributed by atoms with Crippen molar-refractivity contribution in [2.75, 3.05) is 14.2 Å². The van der Waals surface area contributed by atoms with Gasteiger partial charge in [0.25, 0.3) is 0 Å². The highest BCUT2D eigenvalue weighted by Crippen LogP contribution is 2.30. The van der Waals surface area contributed by atoms with Gasteiger partial charge < -0.3 is 14.8 Å². The summed E-state index contributed by atoms with van der Waals surface area (Å²) in [6.07, 6.45) is 1.02. The van der Waals surface area contributed by atoms with Crippen molar-refractivity contribution >= 4 is 0 Å². The summed E-state index contributed by atoms with van der Waals surface area (Å²) in [5.41, 5.74) is 2.50. The average Bonchev–Trinajstić information content (AvgIpc) is 2.56. The molecule has 0 heterocycles. The summed E-state index contributed by atoms with van der Waals surface area (Å²) in [7, 11) is 3.32. The fourth-order valence-corrected chi connectivity index (χ4v) is 2.40. The van der Waals surface area contributed by atoms with Crippen molar-refractivity contribution in [3.05, 3.63) is 59.7 Å². The molecule has 112 valence electrons. The summed E-state index contributed by atoms with van der Waals surface area (Å²) in [6.45, 7) is 3.03. The minimum absolute atomic E-state index is 0.296. The van der Waals surface area contributed by atoms with E-state index >= 15 is 0 Å². The van der Waals surface area contributed by atoms with Crippen molar-refractivity contribution in [3.63, 3.8) is 0 Å². The molecule has 0 fully saturated rings. The Labute approximate surface area is 126 Å². The van der Waals surface area contributed by atoms with Crippen molar-refractivity contribution in [2.24, 2.45) is 0 Å². The largest absolute Gasteiger partial charge is 0.493 e. The number of benzene rings is 2. The summed E-state index contributed by atoms with van der Waals surface area (Å²) in [5.74, 6) is 1.54. The first kappa shape index (κ1) is 15.4. The van der Waals surface area contributed by atoms with E-state index in [1.54, 1.807) is 14.2 Å². The molecule has 0 aliphatic rings. The number of rotatable bonds is 7. The molecule has 0 aliphatic carbocycles. The second kappa shape index (κ2) is 7.70. The maximum atomic E-state index is 5.38. The molecule has 1 N–H and O–H groups in total. The maximum Gasteiger partial charge on any atom is 0.161 e. The normalized spacial score (nSPS) is 12.0. The molecule has 0 bridgehead atoms. The first-order valence-electron chi connectivity index (χ1n) is 7.27. The topological polar surface area (TPSA) is 30.5 Å². The van der Waals surface area contributed by atoms with Gasteiger partial charge in [-0.05, 0) is 29.7 Å². The zero-order valence-electron chi connectivity index (χ0n) is 12.9. The summed E-state index contributed by atoms with van der Waals surface area (Å²) >= 11 is 0. The van der Waals surface area contributed by atoms with Crippen LogP contribution in [-0.2, 0) is 6.54 Å². The van der Waals surface area contributed by atoms with E-state index < -0.39 is 0 Å². The lowest BCUT2D eigenvalue weighted by Crippen LogP contribution is -2.20. The molecule has 0 saturated carbocycles. The van der Waals surface area contributed by atoms with E-state index in [-0.39, 0.29) is 0 Å². The summed E-state index contributed by atoms with van der Waals surface area (Å²) in [6, 6.07) is 16.8. The van der Waals surface area contributed by atoms with E-state index in [4.69, 9.17) is 9.47 Å². The minimum atomic E-state index is 0.296. The van der Waals surface area contributed by atoms with E-state index in [0.29, 0.717) is 6.04 Å². The van der Waals surface area contributed by atoms with Gasteiger partial charge in [-0.25, -0.2) is 0 Å². The van der Waals surface area contributed by atoms with Gasteiger partial charge in [-0.15, -0.1) is 0 Å². The minimum Gasteiger partial charge on any atom is -0.493 e. The molecule has 3 nitrogen and oxygen atoms in total. The Morgan fingerprint density at radius 1 is 0.952 bits per heavy atom. The number of ether oxygens (including phenoxy) is 2. The van der Waals surface area contributed by atoms with Gasteiger partial charge >= 0.3 is 0 Å². The van der Waals surface area contributed by atoms with Gasteiger partial charge in [-0.1, -0.05) is 43.3 Å². The summed E-state index contributed by atoms with van der Waals surface area (Å²) in [5, 5.41) is 3.59. The molecule has 2 rings (SSSR count). The van der Waals surface area contributed by atoms with Crippen molar-refractivity contribution in [1.82, 2.24) is 5.32 Å². The Morgan fingerprint density at radius 3 is 2.29 bits per heavy atom. The predicted molar refractivity (Wildman–Crippen MR) is 85.9 cm³/mol. The van der Waals surface area contributed by atoms with Gasteiger partial charge in [0.15, 0.2) is 11.5 Å². The van der Waals surface area contributed by atoms with E-state index in [0.717, 1.165) is 24.5 Å². The molecule has 0 radical (unpaired) electrons. The summed E-state index contributed by atoms with van der Waals surface area (Å²) < 4.78 is 10.7. The number of methoxy groups -OCH3 is 2. The second-order valence-corrected chi connectivity index (χ2v) is 4.94. The van der Waals surface area contributed by atoms with Crippen LogP contribution in [0.4, 0.5) is 0 Å². The number of hydrogen-bond acceptors (Lipinski definition) is 3. The van der Waals surface area contributed by atoms with Crippen LogP contribution in [0.3, 0.4) is 0 Å². The monoisotopic (exact) mass is 285 g/mol. The molecule has 0 amide bonds. The first-order valence-corrected chi connectivity index (χ1v) is 7.27. The van der Waals surface area contributed by atoms with E-state index in [9.17, 15) is 0 Å². The van der Waals surface area contributed by atoms with E-state index in [2.05, 4.69) is 42.6 Å². The third-order valence-electron chi connectivity index (χ3n) is 3.61. The van der Waals surface area contributed by atoms with Crippen LogP contribution in [0.25, 0.3) is 0 Å². The SMILES string of the molecule is CCC(NCc1ccccc1)c1ccc(OC)c(OC)c1. The molecule has 0 saturated heterocycles. The smallest absolute Gasteiger partial charge is 0.161 e. The van der Waals surface area contributed by atoms with Gasteiger partial charge in [-0.2, -0.15) is 0 Å². The van der Waals surface area contributed by atoms with Crippen molar-refractivity contribution in [1.29, 1.82) is 0 Å². The van der Waals surface area contributed by atoms with E-state index in [1.807, 2.05) is 18.2 Å². The van der Waals surface area contributed by atoms with Crippen LogP contribution in [0.1, 0.15) is 30.5 Å². The lowest BCUT2D eigenvalue weighted by atomic mass is 10.0. The Bertz CT molecular complexity index is 554. The molecule has 0 aliphatic heterocycles. The third kappa shape index (κ3) is 3.99. The summed E-state index contributed by atoms with van der Waals surface area (Å²) in [4.78, 5) is 0. The van der Waals surface area contributed by atoms with Gasteiger partial charge in [0.05, 0.1) is 14.2 Å². The molecule has 0 aromatic heterocycles. The Hall–Kier alpha value is -2.00. The number of hydrogen-bond donors (Lipinski definition) is 1. The molecule has 2 aromatic carbocycles. The quantitative estimate of drug-likeness (QED) is 0.835.